The normalized spacial score (nSPS) is 11.5. The van der Waals surface area contributed by atoms with Gasteiger partial charge in [0, 0.05) is 31.2 Å². The molecule has 7 nitrogen and oxygen atoms in total. The maximum atomic E-state index is 12.8. The number of ether oxygens (including phenoxy) is 1. The average molecular weight is 396 g/mol. The predicted octanol–water partition coefficient (Wildman–Crippen LogP) is 2.10. The quantitative estimate of drug-likeness (QED) is 0.591. The first-order valence-corrected chi connectivity index (χ1v) is 9.66. The first-order valence-electron chi connectivity index (χ1n) is 9.66. The molecule has 0 atom stereocenters. The van der Waals surface area contributed by atoms with E-state index in [1.54, 1.807) is 12.3 Å². The largest absolute Gasteiger partial charge is 0.461 e. The SMILES string of the molecule is CN(C)CCNC(=O)c1ccc2c(C(=O)OCCN(C)C)c3ccccc3n2c1. The van der Waals surface area contributed by atoms with Crippen LogP contribution >= 0.6 is 0 Å². The van der Waals surface area contributed by atoms with Gasteiger partial charge >= 0.3 is 5.97 Å². The van der Waals surface area contributed by atoms with Crippen molar-refractivity contribution in [2.24, 2.45) is 0 Å². The topological polar surface area (TPSA) is 66.3 Å². The highest BCUT2D eigenvalue weighted by molar-refractivity contribution is 6.12. The molecule has 3 rings (SSSR count). The van der Waals surface area contributed by atoms with Crippen LogP contribution < -0.4 is 5.32 Å². The van der Waals surface area contributed by atoms with Crippen LogP contribution in [0.1, 0.15) is 20.7 Å². The van der Waals surface area contributed by atoms with Gasteiger partial charge in [-0.1, -0.05) is 18.2 Å². The van der Waals surface area contributed by atoms with E-state index in [1.165, 1.54) is 0 Å². The molecule has 2 aromatic heterocycles. The maximum Gasteiger partial charge on any atom is 0.341 e. The zero-order chi connectivity index (χ0) is 21.0. The summed E-state index contributed by atoms with van der Waals surface area (Å²) in [6.07, 6.45) is 1.78. The number of carbonyl (C=O) groups excluding carboxylic acids is 2. The van der Waals surface area contributed by atoms with Crippen LogP contribution in [-0.4, -0.2) is 80.5 Å². The molecule has 29 heavy (non-hydrogen) atoms. The number of para-hydroxylation sites is 1. The Morgan fingerprint density at radius 3 is 2.41 bits per heavy atom. The lowest BCUT2D eigenvalue weighted by atomic mass is 10.1. The van der Waals surface area contributed by atoms with Crippen LogP contribution in [0.5, 0.6) is 0 Å². The Labute approximate surface area is 170 Å². The maximum absolute atomic E-state index is 12.8. The van der Waals surface area contributed by atoms with Crippen molar-refractivity contribution in [1.82, 2.24) is 19.5 Å². The van der Waals surface area contributed by atoms with Crippen molar-refractivity contribution >= 4 is 28.3 Å². The highest BCUT2D eigenvalue weighted by atomic mass is 16.5. The monoisotopic (exact) mass is 396 g/mol. The van der Waals surface area contributed by atoms with Gasteiger partial charge in [0.05, 0.1) is 22.2 Å². The molecule has 7 heteroatoms. The molecule has 0 saturated heterocycles. The summed E-state index contributed by atoms with van der Waals surface area (Å²) in [4.78, 5) is 29.3. The average Bonchev–Trinajstić information content (AvgIpc) is 3.01. The van der Waals surface area contributed by atoms with Gasteiger partial charge in [-0.15, -0.1) is 0 Å². The van der Waals surface area contributed by atoms with Gasteiger partial charge in [0.1, 0.15) is 6.61 Å². The molecule has 3 aromatic rings. The summed E-state index contributed by atoms with van der Waals surface area (Å²) >= 11 is 0. The Hall–Kier alpha value is -2.90. The lowest BCUT2D eigenvalue weighted by Gasteiger charge is -2.11. The second kappa shape index (κ2) is 9.07. The van der Waals surface area contributed by atoms with Crippen LogP contribution in [0.15, 0.2) is 42.6 Å². The van der Waals surface area contributed by atoms with Crippen molar-refractivity contribution in [2.75, 3.05) is 54.4 Å². The number of hydrogen-bond donors (Lipinski definition) is 1. The Bertz CT molecular complexity index is 1020. The van der Waals surface area contributed by atoms with E-state index in [2.05, 4.69) is 5.32 Å². The zero-order valence-electron chi connectivity index (χ0n) is 17.4. The number of aromatic nitrogens is 1. The first kappa shape index (κ1) is 20.8. The van der Waals surface area contributed by atoms with Crippen molar-refractivity contribution in [3.63, 3.8) is 0 Å². The van der Waals surface area contributed by atoms with E-state index in [0.717, 1.165) is 23.0 Å². The molecule has 0 aliphatic rings. The van der Waals surface area contributed by atoms with Gasteiger partial charge in [-0.3, -0.25) is 4.79 Å². The minimum atomic E-state index is -0.353. The van der Waals surface area contributed by atoms with Gasteiger partial charge in [0.2, 0.25) is 0 Å². The summed E-state index contributed by atoms with van der Waals surface area (Å²) in [6, 6.07) is 11.2. The summed E-state index contributed by atoms with van der Waals surface area (Å²) < 4.78 is 7.38. The number of amides is 1. The van der Waals surface area contributed by atoms with Gasteiger partial charge in [-0.2, -0.15) is 0 Å². The van der Waals surface area contributed by atoms with Gasteiger partial charge in [-0.05, 0) is 46.4 Å². The summed E-state index contributed by atoms with van der Waals surface area (Å²) in [5, 5.41) is 3.73. The molecule has 1 amide bonds. The second-order valence-electron chi connectivity index (χ2n) is 7.56. The van der Waals surface area contributed by atoms with Crippen molar-refractivity contribution < 1.29 is 14.3 Å². The first-order chi connectivity index (χ1) is 13.9. The molecule has 0 radical (unpaired) electrons. The molecule has 1 N–H and O–H groups in total. The third kappa shape index (κ3) is 4.75. The van der Waals surface area contributed by atoms with Crippen LogP contribution in [0.2, 0.25) is 0 Å². The van der Waals surface area contributed by atoms with E-state index in [9.17, 15) is 9.59 Å². The van der Waals surface area contributed by atoms with Crippen LogP contribution in [-0.2, 0) is 4.74 Å². The highest BCUT2D eigenvalue weighted by Crippen LogP contribution is 2.28. The number of likely N-dealkylation sites (N-methyl/N-ethyl adjacent to an activating group) is 2. The molecule has 0 unspecified atom stereocenters. The molecule has 154 valence electrons. The molecule has 0 saturated carbocycles. The molecular weight excluding hydrogens is 368 g/mol. The molecule has 0 bridgehead atoms. The fourth-order valence-electron chi connectivity index (χ4n) is 3.17. The molecule has 0 aliphatic carbocycles. The van der Waals surface area contributed by atoms with Crippen LogP contribution in [0.3, 0.4) is 0 Å². The number of rotatable bonds is 8. The lowest BCUT2D eigenvalue weighted by molar-refractivity contribution is 0.0486. The second-order valence-corrected chi connectivity index (χ2v) is 7.56. The van der Waals surface area contributed by atoms with E-state index in [-0.39, 0.29) is 11.9 Å². The lowest BCUT2D eigenvalue weighted by Crippen LogP contribution is -2.31. The van der Waals surface area contributed by atoms with E-state index in [1.807, 2.05) is 72.7 Å². The van der Waals surface area contributed by atoms with E-state index in [0.29, 0.717) is 30.8 Å². The third-order valence-electron chi connectivity index (χ3n) is 4.72. The molecule has 0 spiro atoms. The standard InChI is InChI=1S/C22H28N4O3/c1-24(2)12-11-23-21(27)16-9-10-19-20(22(28)29-14-13-25(3)4)17-7-5-6-8-18(17)26(19)15-16/h5-10,15H,11-14H2,1-4H3,(H,23,27). The number of esters is 1. The zero-order valence-corrected chi connectivity index (χ0v) is 17.4. The van der Waals surface area contributed by atoms with Crippen molar-refractivity contribution in [3.05, 3.63) is 53.7 Å². The number of nitrogens with one attached hydrogen (secondary N) is 1. The smallest absolute Gasteiger partial charge is 0.341 e. The molecule has 0 fully saturated rings. The van der Waals surface area contributed by atoms with Gasteiger partial charge in [0.25, 0.3) is 5.91 Å². The van der Waals surface area contributed by atoms with Crippen LogP contribution in [0, 0.1) is 0 Å². The number of carbonyl (C=O) groups is 2. The number of fused-ring (bicyclic) bond motifs is 3. The van der Waals surface area contributed by atoms with Crippen molar-refractivity contribution in [3.8, 4) is 0 Å². The number of benzene rings is 1. The Kier molecular flexibility index (Phi) is 6.51. The summed E-state index contributed by atoms with van der Waals surface area (Å²) in [5.41, 5.74) is 2.67. The summed E-state index contributed by atoms with van der Waals surface area (Å²) in [6.45, 7) is 2.32. The molecular formula is C22H28N4O3. The number of nitrogens with zero attached hydrogens (tertiary/aromatic N) is 3. The minimum absolute atomic E-state index is 0.137. The minimum Gasteiger partial charge on any atom is -0.461 e. The fraction of sp³-hybridized carbons (Fsp3) is 0.364. The van der Waals surface area contributed by atoms with Crippen molar-refractivity contribution in [2.45, 2.75) is 0 Å². The van der Waals surface area contributed by atoms with Gasteiger partial charge < -0.3 is 24.3 Å². The van der Waals surface area contributed by atoms with Gasteiger partial charge in [-0.25, -0.2) is 4.79 Å². The number of pyridine rings is 1. The van der Waals surface area contributed by atoms with Gasteiger partial charge in [0.15, 0.2) is 0 Å². The summed E-state index contributed by atoms with van der Waals surface area (Å²) in [7, 11) is 7.79. The predicted molar refractivity (Wildman–Crippen MR) is 115 cm³/mol. The van der Waals surface area contributed by atoms with Crippen LogP contribution in [0.25, 0.3) is 16.4 Å². The van der Waals surface area contributed by atoms with Crippen LogP contribution in [0.4, 0.5) is 0 Å². The Balaban J connectivity index is 1.94. The number of hydrogen-bond acceptors (Lipinski definition) is 5. The van der Waals surface area contributed by atoms with E-state index < -0.39 is 0 Å². The van der Waals surface area contributed by atoms with Crippen molar-refractivity contribution in [1.29, 1.82) is 0 Å². The summed E-state index contributed by atoms with van der Waals surface area (Å²) in [5.74, 6) is -0.490. The molecule has 2 heterocycles. The van der Waals surface area contributed by atoms with E-state index >= 15 is 0 Å². The van der Waals surface area contributed by atoms with E-state index in [4.69, 9.17) is 4.74 Å². The fourth-order valence-corrected chi connectivity index (χ4v) is 3.17. The highest BCUT2D eigenvalue weighted by Gasteiger charge is 2.20. The Morgan fingerprint density at radius 2 is 1.69 bits per heavy atom. The Morgan fingerprint density at radius 1 is 0.966 bits per heavy atom. The molecule has 0 aliphatic heterocycles. The molecule has 1 aromatic carbocycles. The third-order valence-corrected chi connectivity index (χ3v) is 4.72.